The SMILES string of the molecule is COc1ccc(CC(=O)N2CCC(c3noc(-c4ccc(S(=O)(=O)N5CCCC5)cc4)n3)CC2)cc1. The van der Waals surface area contributed by atoms with E-state index in [0.717, 1.165) is 37.0 Å². The van der Waals surface area contributed by atoms with Gasteiger partial charge in [-0.2, -0.15) is 9.29 Å². The number of hydrogen-bond acceptors (Lipinski definition) is 7. The van der Waals surface area contributed by atoms with Gasteiger partial charge in [-0.3, -0.25) is 4.79 Å². The largest absolute Gasteiger partial charge is 0.497 e. The summed E-state index contributed by atoms with van der Waals surface area (Å²) in [6.07, 6.45) is 3.70. The molecule has 2 aliphatic rings. The van der Waals surface area contributed by atoms with Gasteiger partial charge in [0.05, 0.1) is 18.4 Å². The Morgan fingerprint density at radius 1 is 1.00 bits per heavy atom. The second-order valence-corrected chi connectivity index (χ2v) is 11.2. The van der Waals surface area contributed by atoms with Gasteiger partial charge in [-0.25, -0.2) is 8.42 Å². The van der Waals surface area contributed by atoms with Gasteiger partial charge in [0.25, 0.3) is 5.89 Å². The van der Waals surface area contributed by atoms with E-state index in [4.69, 9.17) is 9.26 Å². The van der Waals surface area contributed by atoms with Gasteiger partial charge < -0.3 is 14.2 Å². The Balaban J connectivity index is 1.17. The quantitative estimate of drug-likeness (QED) is 0.479. The number of amides is 1. The number of ether oxygens (including phenoxy) is 1. The first-order valence-corrected chi connectivity index (χ1v) is 13.7. The molecule has 2 aromatic carbocycles. The molecule has 2 aliphatic heterocycles. The van der Waals surface area contributed by atoms with Crippen LogP contribution in [0.5, 0.6) is 5.75 Å². The summed E-state index contributed by atoms with van der Waals surface area (Å²) in [4.78, 5) is 19.5. The fourth-order valence-electron chi connectivity index (χ4n) is 4.78. The third kappa shape index (κ3) is 5.15. The van der Waals surface area contributed by atoms with Gasteiger partial charge in [-0.1, -0.05) is 17.3 Å². The molecule has 0 unspecified atom stereocenters. The molecule has 36 heavy (non-hydrogen) atoms. The predicted molar refractivity (Wildman–Crippen MR) is 133 cm³/mol. The highest BCUT2D eigenvalue weighted by Crippen LogP contribution is 2.29. The Labute approximate surface area is 211 Å². The molecule has 0 bridgehead atoms. The monoisotopic (exact) mass is 510 g/mol. The third-order valence-electron chi connectivity index (χ3n) is 6.97. The molecule has 0 spiro atoms. The summed E-state index contributed by atoms with van der Waals surface area (Å²) in [6, 6.07) is 14.2. The molecule has 0 saturated carbocycles. The molecule has 3 heterocycles. The van der Waals surface area contributed by atoms with Crippen LogP contribution in [0.4, 0.5) is 0 Å². The minimum Gasteiger partial charge on any atom is -0.497 e. The topological polar surface area (TPSA) is 106 Å². The number of rotatable bonds is 7. The van der Waals surface area contributed by atoms with Gasteiger partial charge in [0, 0.05) is 37.7 Å². The van der Waals surface area contributed by atoms with Crippen molar-refractivity contribution in [1.82, 2.24) is 19.3 Å². The van der Waals surface area contributed by atoms with Crippen molar-refractivity contribution in [3.8, 4) is 17.2 Å². The van der Waals surface area contributed by atoms with Crippen LogP contribution in [0.1, 0.15) is 43.0 Å². The van der Waals surface area contributed by atoms with Crippen LogP contribution in [0.2, 0.25) is 0 Å². The van der Waals surface area contributed by atoms with Crippen LogP contribution in [0.15, 0.2) is 57.9 Å². The van der Waals surface area contributed by atoms with Crippen molar-refractivity contribution in [3.05, 3.63) is 59.9 Å². The van der Waals surface area contributed by atoms with Crippen LogP contribution in [0, 0.1) is 0 Å². The number of benzene rings is 2. The van der Waals surface area contributed by atoms with Gasteiger partial charge in [-0.15, -0.1) is 0 Å². The van der Waals surface area contributed by atoms with Crippen molar-refractivity contribution in [2.75, 3.05) is 33.3 Å². The lowest BCUT2D eigenvalue weighted by atomic mass is 9.95. The summed E-state index contributed by atoms with van der Waals surface area (Å²) in [5.41, 5.74) is 1.64. The van der Waals surface area contributed by atoms with Crippen LogP contribution in [-0.2, 0) is 21.2 Å². The summed E-state index contributed by atoms with van der Waals surface area (Å²) in [6.45, 7) is 2.44. The Bertz CT molecular complexity index is 1290. The molecule has 0 radical (unpaired) electrons. The molecule has 2 saturated heterocycles. The first-order chi connectivity index (χ1) is 17.4. The smallest absolute Gasteiger partial charge is 0.257 e. The highest BCUT2D eigenvalue weighted by Gasteiger charge is 2.29. The van der Waals surface area contributed by atoms with Gasteiger partial charge in [0.2, 0.25) is 15.9 Å². The molecule has 0 N–H and O–H groups in total. The zero-order chi connectivity index (χ0) is 25.1. The number of sulfonamides is 1. The summed E-state index contributed by atoms with van der Waals surface area (Å²) >= 11 is 0. The lowest BCUT2D eigenvalue weighted by Gasteiger charge is -2.30. The van der Waals surface area contributed by atoms with Crippen LogP contribution >= 0.6 is 0 Å². The average molecular weight is 511 g/mol. The Hall–Kier alpha value is -3.24. The van der Waals surface area contributed by atoms with Crippen LogP contribution < -0.4 is 4.74 Å². The van der Waals surface area contributed by atoms with Crippen molar-refractivity contribution >= 4 is 15.9 Å². The Morgan fingerprint density at radius 2 is 1.67 bits per heavy atom. The maximum absolute atomic E-state index is 12.7. The van der Waals surface area contributed by atoms with Gasteiger partial charge in [0.1, 0.15) is 5.75 Å². The van der Waals surface area contributed by atoms with E-state index in [1.807, 2.05) is 29.2 Å². The number of hydrogen-bond donors (Lipinski definition) is 0. The molecular weight excluding hydrogens is 480 g/mol. The molecule has 190 valence electrons. The maximum Gasteiger partial charge on any atom is 0.257 e. The zero-order valence-electron chi connectivity index (χ0n) is 20.3. The molecule has 9 nitrogen and oxygen atoms in total. The molecule has 0 aliphatic carbocycles. The van der Waals surface area contributed by atoms with Crippen LogP contribution in [0.3, 0.4) is 0 Å². The molecule has 3 aromatic rings. The highest BCUT2D eigenvalue weighted by molar-refractivity contribution is 7.89. The van der Waals surface area contributed by atoms with E-state index in [9.17, 15) is 13.2 Å². The molecule has 2 fully saturated rings. The van der Waals surface area contributed by atoms with E-state index in [0.29, 0.717) is 49.9 Å². The molecule has 10 heteroatoms. The summed E-state index contributed by atoms with van der Waals surface area (Å²) in [5.74, 6) is 1.99. The molecule has 1 amide bonds. The van der Waals surface area contributed by atoms with Gasteiger partial charge >= 0.3 is 0 Å². The van der Waals surface area contributed by atoms with Crippen molar-refractivity contribution in [2.45, 2.75) is 42.9 Å². The van der Waals surface area contributed by atoms with Gasteiger partial charge in [0.15, 0.2) is 5.82 Å². The van der Waals surface area contributed by atoms with E-state index < -0.39 is 10.0 Å². The fourth-order valence-corrected chi connectivity index (χ4v) is 6.30. The van der Waals surface area contributed by atoms with Crippen LogP contribution in [0.25, 0.3) is 11.5 Å². The number of aromatic nitrogens is 2. The fraction of sp³-hybridized carbons (Fsp3) is 0.423. The van der Waals surface area contributed by atoms with Crippen LogP contribution in [-0.4, -0.2) is 67.0 Å². The Kier molecular flexibility index (Phi) is 7.06. The van der Waals surface area contributed by atoms with E-state index >= 15 is 0 Å². The molecule has 5 rings (SSSR count). The lowest BCUT2D eigenvalue weighted by Crippen LogP contribution is -2.39. The first kappa shape index (κ1) is 24.5. The van der Waals surface area contributed by atoms with E-state index in [-0.39, 0.29) is 16.7 Å². The predicted octanol–water partition coefficient (Wildman–Crippen LogP) is 3.48. The molecule has 1 aromatic heterocycles. The second-order valence-electron chi connectivity index (χ2n) is 9.27. The first-order valence-electron chi connectivity index (χ1n) is 12.3. The van der Waals surface area contributed by atoms with Crippen molar-refractivity contribution in [1.29, 1.82) is 0 Å². The number of nitrogens with zero attached hydrogens (tertiary/aromatic N) is 4. The normalized spacial score (nSPS) is 17.4. The minimum atomic E-state index is -3.46. The number of piperidine rings is 1. The number of likely N-dealkylation sites (tertiary alicyclic amines) is 1. The molecule has 0 atom stereocenters. The molecular formula is C26H30N4O5S. The zero-order valence-corrected chi connectivity index (χ0v) is 21.1. The van der Waals surface area contributed by atoms with E-state index in [1.54, 1.807) is 31.4 Å². The van der Waals surface area contributed by atoms with E-state index in [1.165, 1.54) is 4.31 Å². The lowest BCUT2D eigenvalue weighted by molar-refractivity contribution is -0.131. The maximum atomic E-state index is 12.7. The van der Waals surface area contributed by atoms with Crippen molar-refractivity contribution < 1.29 is 22.5 Å². The Morgan fingerprint density at radius 3 is 2.31 bits per heavy atom. The highest BCUT2D eigenvalue weighted by atomic mass is 32.2. The van der Waals surface area contributed by atoms with Gasteiger partial charge in [-0.05, 0) is 67.6 Å². The summed E-state index contributed by atoms with van der Waals surface area (Å²) in [5, 5.41) is 4.18. The van der Waals surface area contributed by atoms with Crippen molar-refractivity contribution in [2.24, 2.45) is 0 Å². The standard InChI is InChI=1S/C26H30N4O5S/c1-34-22-8-4-19(5-9-22)18-24(31)29-16-12-20(13-17-29)25-27-26(35-28-25)21-6-10-23(11-7-21)36(32,33)30-14-2-3-15-30/h4-11,20H,2-3,12-18H2,1H3. The van der Waals surface area contributed by atoms with Crippen molar-refractivity contribution in [3.63, 3.8) is 0 Å². The second kappa shape index (κ2) is 10.4. The third-order valence-corrected chi connectivity index (χ3v) is 8.89. The average Bonchev–Trinajstić information content (AvgIpc) is 3.63. The van der Waals surface area contributed by atoms with E-state index in [2.05, 4.69) is 10.1 Å². The number of carbonyl (C=O) groups is 1. The minimum absolute atomic E-state index is 0.108. The number of methoxy groups -OCH3 is 1. The number of carbonyl (C=O) groups excluding carboxylic acids is 1. The summed E-state index contributed by atoms with van der Waals surface area (Å²) < 4.78 is 37.7. The summed E-state index contributed by atoms with van der Waals surface area (Å²) in [7, 11) is -1.84.